The summed E-state index contributed by atoms with van der Waals surface area (Å²) in [5, 5.41) is 19.5. The Morgan fingerprint density at radius 2 is 2.10 bits per heavy atom. The Kier molecular flexibility index (Phi) is 6.32. The van der Waals surface area contributed by atoms with Gasteiger partial charge in [-0.3, -0.25) is 19.1 Å². The average molecular weight is 420 g/mol. The summed E-state index contributed by atoms with van der Waals surface area (Å²) in [5.41, 5.74) is 0.455. The molecule has 0 spiro atoms. The maximum absolute atomic E-state index is 13.7. The molecule has 2 aromatic rings. The standard InChI is InChI=1S/C19H21N2O7P/c1-13-18(23)16(11-22)14(10-20-13)12-27-29(26,28-15-6-3-2-4-7-15)21-9-5-8-17(21)19(24)25/h2-4,6-7,10-11,17,23H,5,8-9,12H2,1H3,(H,24,25). The largest absolute Gasteiger partial charge is 0.505 e. The number of benzene rings is 1. The van der Waals surface area contributed by atoms with Crippen LogP contribution in [0.3, 0.4) is 0 Å². The van der Waals surface area contributed by atoms with Crippen LogP contribution >= 0.6 is 7.75 Å². The van der Waals surface area contributed by atoms with E-state index in [0.717, 1.165) is 0 Å². The minimum Gasteiger partial charge on any atom is -0.505 e. The SMILES string of the molecule is Cc1ncc(COP(=O)(Oc2ccccc2)N2CCCC2C(=O)O)c(C=O)c1O. The lowest BCUT2D eigenvalue weighted by atomic mass is 10.1. The highest BCUT2D eigenvalue weighted by Gasteiger charge is 2.46. The van der Waals surface area contributed by atoms with Gasteiger partial charge in [-0.05, 0) is 31.9 Å². The molecule has 9 nitrogen and oxygen atoms in total. The molecule has 154 valence electrons. The number of carboxylic acids is 1. The molecule has 29 heavy (non-hydrogen) atoms. The van der Waals surface area contributed by atoms with E-state index in [1.165, 1.54) is 17.8 Å². The van der Waals surface area contributed by atoms with E-state index in [0.29, 0.717) is 19.1 Å². The predicted octanol–water partition coefficient (Wildman–Crippen LogP) is 3.16. The number of hydrogen-bond donors (Lipinski definition) is 2. The Morgan fingerprint density at radius 3 is 2.76 bits per heavy atom. The summed E-state index contributed by atoms with van der Waals surface area (Å²) in [5.74, 6) is -1.15. The zero-order valence-corrected chi connectivity index (χ0v) is 16.6. The van der Waals surface area contributed by atoms with Gasteiger partial charge in [0.15, 0.2) is 6.29 Å². The second-order valence-corrected chi connectivity index (χ2v) is 8.45. The Balaban J connectivity index is 1.92. The number of nitrogens with zero attached hydrogens (tertiary/aromatic N) is 2. The van der Waals surface area contributed by atoms with Crippen molar-refractivity contribution in [3.63, 3.8) is 0 Å². The van der Waals surface area contributed by atoms with Gasteiger partial charge >= 0.3 is 13.7 Å². The molecule has 2 heterocycles. The van der Waals surface area contributed by atoms with E-state index in [2.05, 4.69) is 4.98 Å². The van der Waals surface area contributed by atoms with Gasteiger partial charge in [0.05, 0.1) is 17.9 Å². The number of aldehydes is 1. The Morgan fingerprint density at radius 1 is 1.38 bits per heavy atom. The monoisotopic (exact) mass is 420 g/mol. The molecule has 1 aliphatic rings. The molecule has 2 unspecified atom stereocenters. The smallest absolute Gasteiger partial charge is 0.462 e. The third-order valence-corrected chi connectivity index (χ3v) is 6.65. The summed E-state index contributed by atoms with van der Waals surface area (Å²) in [4.78, 5) is 27.0. The van der Waals surface area contributed by atoms with E-state index in [4.69, 9.17) is 9.05 Å². The van der Waals surface area contributed by atoms with Crippen molar-refractivity contribution in [3.05, 3.63) is 53.3 Å². The molecule has 2 atom stereocenters. The number of aliphatic carboxylic acids is 1. The lowest BCUT2D eigenvalue weighted by molar-refractivity contribution is -0.141. The van der Waals surface area contributed by atoms with Crippen LogP contribution < -0.4 is 4.52 Å². The first-order valence-electron chi connectivity index (χ1n) is 8.97. The molecule has 2 N–H and O–H groups in total. The number of para-hydroxylation sites is 1. The summed E-state index contributed by atoms with van der Waals surface area (Å²) in [6.07, 6.45) is 2.63. The zero-order valence-electron chi connectivity index (χ0n) is 15.7. The summed E-state index contributed by atoms with van der Waals surface area (Å²) in [6, 6.07) is 7.27. The van der Waals surface area contributed by atoms with Crippen LogP contribution in [0.2, 0.25) is 0 Å². The molecule has 0 radical (unpaired) electrons. The molecule has 0 saturated carbocycles. The average Bonchev–Trinajstić information content (AvgIpc) is 3.21. The van der Waals surface area contributed by atoms with Gasteiger partial charge in [0.1, 0.15) is 17.5 Å². The van der Waals surface area contributed by atoms with Gasteiger partial charge < -0.3 is 14.7 Å². The van der Waals surface area contributed by atoms with E-state index in [-0.39, 0.29) is 41.5 Å². The Hall–Kier alpha value is -2.74. The summed E-state index contributed by atoms with van der Waals surface area (Å²) in [6.45, 7) is 1.40. The number of carbonyl (C=O) groups excluding carboxylic acids is 1. The normalized spacial score (nSPS) is 18.9. The number of carbonyl (C=O) groups is 2. The van der Waals surface area contributed by atoms with Crippen molar-refractivity contribution in [2.45, 2.75) is 32.4 Å². The van der Waals surface area contributed by atoms with E-state index in [1.54, 1.807) is 30.3 Å². The van der Waals surface area contributed by atoms with Gasteiger partial charge in [-0.15, -0.1) is 0 Å². The van der Waals surface area contributed by atoms with Crippen LogP contribution in [-0.4, -0.2) is 44.7 Å². The number of rotatable bonds is 8. The van der Waals surface area contributed by atoms with E-state index >= 15 is 0 Å². The molecule has 3 rings (SSSR count). The van der Waals surface area contributed by atoms with Crippen molar-refractivity contribution in [2.24, 2.45) is 0 Å². The number of hydrogen-bond acceptors (Lipinski definition) is 7. The van der Waals surface area contributed by atoms with Gasteiger partial charge in [0.2, 0.25) is 0 Å². The first-order valence-corrected chi connectivity index (χ1v) is 10.5. The van der Waals surface area contributed by atoms with Crippen molar-refractivity contribution in [3.8, 4) is 11.5 Å². The third-order valence-electron chi connectivity index (χ3n) is 4.65. The second-order valence-electron chi connectivity index (χ2n) is 6.55. The summed E-state index contributed by atoms with van der Waals surface area (Å²) in [7, 11) is -4.09. The van der Waals surface area contributed by atoms with Crippen LogP contribution in [0.4, 0.5) is 0 Å². The first kappa shape index (κ1) is 21.0. The molecular formula is C19H21N2O7P. The number of carboxylic acid groups (broad SMARTS) is 1. The van der Waals surface area contributed by atoms with Gasteiger partial charge in [0, 0.05) is 18.3 Å². The second kappa shape index (κ2) is 8.73. The first-order chi connectivity index (χ1) is 13.9. The minimum atomic E-state index is -4.09. The van der Waals surface area contributed by atoms with Crippen molar-refractivity contribution >= 4 is 20.0 Å². The van der Waals surface area contributed by atoms with E-state index in [1.807, 2.05) is 0 Å². The van der Waals surface area contributed by atoms with Crippen LogP contribution in [0.1, 0.15) is 34.5 Å². The molecule has 10 heteroatoms. The molecule has 0 bridgehead atoms. The molecule has 1 aliphatic heterocycles. The van der Waals surface area contributed by atoms with Crippen LogP contribution in [-0.2, 0) is 20.5 Å². The van der Waals surface area contributed by atoms with Crippen LogP contribution in [0, 0.1) is 6.92 Å². The molecule has 1 saturated heterocycles. The fourth-order valence-corrected chi connectivity index (χ4v) is 5.05. The third kappa shape index (κ3) is 4.48. The number of aromatic hydroxyl groups is 1. The maximum Gasteiger partial charge on any atom is 0.462 e. The summed E-state index contributed by atoms with van der Waals surface area (Å²) < 4.78 is 26.1. The highest BCUT2D eigenvalue weighted by atomic mass is 31.2. The van der Waals surface area contributed by atoms with Crippen molar-refractivity contribution in [1.29, 1.82) is 0 Å². The fraction of sp³-hybridized carbons (Fsp3) is 0.316. The topological polar surface area (TPSA) is 126 Å². The van der Waals surface area contributed by atoms with Gasteiger partial charge in [0.25, 0.3) is 0 Å². The van der Waals surface area contributed by atoms with Crippen molar-refractivity contribution < 1.29 is 33.4 Å². The van der Waals surface area contributed by atoms with Crippen LogP contribution in [0.5, 0.6) is 11.5 Å². The molecule has 1 fully saturated rings. The minimum absolute atomic E-state index is 0.0278. The summed E-state index contributed by atoms with van der Waals surface area (Å²) >= 11 is 0. The molecule has 0 aliphatic carbocycles. The number of aromatic nitrogens is 1. The lowest BCUT2D eigenvalue weighted by Crippen LogP contribution is -2.35. The van der Waals surface area contributed by atoms with Crippen LogP contribution in [0.15, 0.2) is 36.5 Å². The van der Waals surface area contributed by atoms with E-state index < -0.39 is 19.8 Å². The van der Waals surface area contributed by atoms with E-state index in [9.17, 15) is 24.4 Å². The molecule has 1 aromatic heterocycles. The number of aryl methyl sites for hydroxylation is 1. The van der Waals surface area contributed by atoms with Crippen molar-refractivity contribution in [2.75, 3.05) is 6.54 Å². The molecule has 0 amide bonds. The van der Waals surface area contributed by atoms with Gasteiger partial charge in [-0.1, -0.05) is 18.2 Å². The molecular weight excluding hydrogens is 399 g/mol. The molecule has 1 aromatic carbocycles. The number of pyridine rings is 1. The van der Waals surface area contributed by atoms with Gasteiger partial charge in [-0.25, -0.2) is 4.57 Å². The fourth-order valence-electron chi connectivity index (χ4n) is 3.11. The highest BCUT2D eigenvalue weighted by Crippen LogP contribution is 2.56. The predicted molar refractivity (Wildman–Crippen MR) is 103 cm³/mol. The highest BCUT2D eigenvalue weighted by molar-refractivity contribution is 7.51. The van der Waals surface area contributed by atoms with Crippen LogP contribution in [0.25, 0.3) is 0 Å². The quantitative estimate of drug-likeness (QED) is 0.489. The Bertz CT molecular complexity index is 951. The lowest BCUT2D eigenvalue weighted by Gasteiger charge is -2.29. The van der Waals surface area contributed by atoms with Crippen molar-refractivity contribution in [1.82, 2.24) is 9.65 Å². The maximum atomic E-state index is 13.7. The Labute approximate surface area is 167 Å². The van der Waals surface area contributed by atoms with Gasteiger partial charge in [-0.2, -0.15) is 4.67 Å². The zero-order chi connectivity index (χ0) is 21.0.